The largest absolute Gasteiger partial charge is 0.361 e. The monoisotopic (exact) mass is 589 g/mol. The molecule has 4 aromatic rings. The summed E-state index contributed by atoms with van der Waals surface area (Å²) < 4.78 is 0. The van der Waals surface area contributed by atoms with E-state index in [1.165, 1.54) is 9.80 Å². The molecule has 0 radical (unpaired) electrons. The van der Waals surface area contributed by atoms with Gasteiger partial charge in [-0.25, -0.2) is 0 Å². The van der Waals surface area contributed by atoms with Crippen LogP contribution < -0.4 is 10.2 Å². The number of likely N-dealkylation sites (N-methyl/N-ethyl adjacent to an activating group) is 1. The Hall–Kier alpha value is -4.76. The van der Waals surface area contributed by atoms with Crippen LogP contribution in [0, 0.1) is 11.8 Å². The van der Waals surface area contributed by atoms with Gasteiger partial charge in [-0.2, -0.15) is 0 Å². The number of hydrogen-bond donors (Lipinski definition) is 2. The highest BCUT2D eigenvalue weighted by Crippen LogP contribution is 2.55. The Morgan fingerprint density at radius 2 is 1.57 bits per heavy atom. The Balaban J connectivity index is 1.33. The normalized spacial score (nSPS) is 24.0. The van der Waals surface area contributed by atoms with E-state index in [1.54, 1.807) is 4.90 Å². The van der Waals surface area contributed by atoms with Gasteiger partial charge in [0.05, 0.1) is 18.4 Å². The molecule has 3 aromatic carbocycles. The minimum Gasteiger partial charge on any atom is -0.361 e. The lowest BCUT2D eigenvalue weighted by molar-refractivity contribution is -0.143. The van der Waals surface area contributed by atoms with Gasteiger partial charge in [0.25, 0.3) is 5.91 Å². The molecule has 0 aliphatic carbocycles. The molecule has 0 unspecified atom stereocenters. The molecule has 3 aliphatic rings. The first kappa shape index (κ1) is 28.0. The Labute approximate surface area is 255 Å². The summed E-state index contributed by atoms with van der Waals surface area (Å²) in [6.45, 7) is 4.88. The summed E-state index contributed by atoms with van der Waals surface area (Å²) in [7, 11) is 0. The maximum Gasteiger partial charge on any atom is 0.253 e. The lowest BCUT2D eigenvalue weighted by Gasteiger charge is -2.31. The number of imide groups is 1. The minimum absolute atomic E-state index is 0.138. The maximum absolute atomic E-state index is 14.7. The van der Waals surface area contributed by atoms with Gasteiger partial charge in [-0.3, -0.25) is 29.4 Å². The fourth-order valence-corrected chi connectivity index (χ4v) is 7.61. The third kappa shape index (κ3) is 4.10. The van der Waals surface area contributed by atoms with Crippen LogP contribution >= 0.6 is 0 Å². The number of carbonyl (C=O) groups is 4. The molecule has 4 heterocycles. The second-order valence-electron chi connectivity index (χ2n) is 11.8. The van der Waals surface area contributed by atoms with Crippen LogP contribution in [-0.2, 0) is 37.7 Å². The van der Waals surface area contributed by atoms with E-state index in [0.29, 0.717) is 30.8 Å². The molecule has 0 bridgehead atoms. The zero-order valence-corrected chi connectivity index (χ0v) is 24.8. The summed E-state index contributed by atoms with van der Waals surface area (Å²) in [5.74, 6) is -2.87. The van der Waals surface area contributed by atoms with Crippen LogP contribution in [0.3, 0.4) is 0 Å². The molecule has 9 nitrogen and oxygen atoms in total. The predicted octanol–water partition coefficient (Wildman–Crippen LogP) is 3.59. The van der Waals surface area contributed by atoms with Gasteiger partial charge in [0, 0.05) is 47.5 Å². The standard InChI is InChI=1S/C35H35N5O4/c1-3-38(4-2)29(41)21-39-28-17-11-9-15-25(28)35(34(39)44)31-30(32(42)40(33(31)43)20-22-12-6-5-7-13-22)27(37-35)18-23-19-36-26-16-10-8-14-24(23)26/h5-17,19,27,30-31,36-37H,3-4,18,20-21H2,1-2H3/t27-,30-,31-,35+/m1/s1. The number of amides is 4. The number of aromatic nitrogens is 1. The molecule has 2 saturated heterocycles. The number of likely N-dealkylation sites (tertiary alicyclic amines) is 1. The molecule has 2 N–H and O–H groups in total. The van der Waals surface area contributed by atoms with Crippen molar-refractivity contribution in [3.63, 3.8) is 0 Å². The van der Waals surface area contributed by atoms with Crippen molar-refractivity contribution >= 4 is 40.2 Å². The number of H-pyrrole nitrogens is 1. The first-order valence-electron chi connectivity index (χ1n) is 15.3. The highest BCUT2D eigenvalue weighted by atomic mass is 16.2. The average Bonchev–Trinajstić information content (AvgIpc) is 3.74. The van der Waals surface area contributed by atoms with Crippen molar-refractivity contribution in [3.05, 3.63) is 102 Å². The number of carbonyl (C=O) groups excluding carboxylic acids is 4. The Bertz CT molecular complexity index is 1780. The average molecular weight is 590 g/mol. The number of benzene rings is 3. The molecule has 44 heavy (non-hydrogen) atoms. The highest BCUT2D eigenvalue weighted by molar-refractivity contribution is 6.17. The topological polar surface area (TPSA) is 106 Å². The van der Waals surface area contributed by atoms with E-state index in [4.69, 9.17) is 0 Å². The minimum atomic E-state index is -1.47. The number of rotatable bonds is 8. The van der Waals surface area contributed by atoms with E-state index >= 15 is 0 Å². The fraction of sp³-hybridized carbons (Fsp3) is 0.314. The van der Waals surface area contributed by atoms with E-state index in [9.17, 15) is 19.2 Å². The third-order valence-corrected chi connectivity index (χ3v) is 9.67. The van der Waals surface area contributed by atoms with Gasteiger partial charge < -0.3 is 14.8 Å². The Kier molecular flexibility index (Phi) is 6.85. The van der Waals surface area contributed by atoms with Crippen LogP contribution in [0.25, 0.3) is 10.9 Å². The van der Waals surface area contributed by atoms with Crippen molar-refractivity contribution in [1.29, 1.82) is 0 Å². The molecule has 4 amide bonds. The zero-order chi connectivity index (χ0) is 30.6. The Morgan fingerprint density at radius 3 is 2.34 bits per heavy atom. The molecule has 0 saturated carbocycles. The first-order valence-corrected chi connectivity index (χ1v) is 15.3. The van der Waals surface area contributed by atoms with Crippen molar-refractivity contribution in [2.24, 2.45) is 11.8 Å². The maximum atomic E-state index is 14.7. The van der Waals surface area contributed by atoms with Crippen LogP contribution in [0.15, 0.2) is 85.1 Å². The lowest BCUT2D eigenvalue weighted by Crippen LogP contribution is -2.56. The van der Waals surface area contributed by atoms with E-state index in [-0.39, 0.29) is 36.7 Å². The fourth-order valence-electron chi connectivity index (χ4n) is 7.61. The summed E-state index contributed by atoms with van der Waals surface area (Å²) in [5, 5.41) is 4.62. The van der Waals surface area contributed by atoms with Crippen LogP contribution in [0.1, 0.15) is 30.5 Å². The second kappa shape index (κ2) is 10.7. The van der Waals surface area contributed by atoms with Crippen molar-refractivity contribution in [2.45, 2.75) is 38.4 Å². The predicted molar refractivity (Wildman–Crippen MR) is 166 cm³/mol. The van der Waals surface area contributed by atoms with Crippen molar-refractivity contribution < 1.29 is 19.2 Å². The van der Waals surface area contributed by atoms with Crippen LogP contribution in [0.2, 0.25) is 0 Å². The van der Waals surface area contributed by atoms with Gasteiger partial charge in [-0.05, 0) is 43.5 Å². The summed E-state index contributed by atoms with van der Waals surface area (Å²) in [5.41, 5.74) is 2.58. The molecule has 3 aliphatic heterocycles. The van der Waals surface area contributed by atoms with Crippen LogP contribution in [0.5, 0.6) is 0 Å². The lowest BCUT2D eigenvalue weighted by atomic mass is 9.76. The molecular weight excluding hydrogens is 554 g/mol. The molecule has 2 fully saturated rings. The van der Waals surface area contributed by atoms with Gasteiger partial charge in [0.1, 0.15) is 12.1 Å². The summed E-state index contributed by atoms with van der Waals surface area (Å²) in [6.07, 6.45) is 2.38. The number of nitrogens with zero attached hydrogens (tertiary/aromatic N) is 3. The molecule has 1 aromatic heterocycles. The summed E-state index contributed by atoms with van der Waals surface area (Å²) in [6, 6.07) is 24.3. The second-order valence-corrected chi connectivity index (χ2v) is 11.8. The number of fused-ring (bicyclic) bond motifs is 5. The number of nitrogens with one attached hydrogen (secondary N) is 2. The highest BCUT2D eigenvalue weighted by Gasteiger charge is 2.71. The van der Waals surface area contributed by atoms with E-state index < -0.39 is 23.4 Å². The van der Waals surface area contributed by atoms with Crippen molar-refractivity contribution in [2.75, 3.05) is 24.5 Å². The van der Waals surface area contributed by atoms with Gasteiger partial charge >= 0.3 is 0 Å². The molecule has 1 spiro atoms. The quantitative estimate of drug-likeness (QED) is 0.306. The molecule has 224 valence electrons. The Morgan fingerprint density at radius 1 is 0.864 bits per heavy atom. The van der Waals surface area contributed by atoms with Crippen LogP contribution in [0.4, 0.5) is 5.69 Å². The number of aromatic amines is 1. The van der Waals surface area contributed by atoms with Gasteiger partial charge in [-0.15, -0.1) is 0 Å². The van der Waals surface area contributed by atoms with Crippen molar-refractivity contribution in [3.8, 4) is 0 Å². The van der Waals surface area contributed by atoms with Gasteiger partial charge in [0.15, 0.2) is 0 Å². The third-order valence-electron chi connectivity index (χ3n) is 9.67. The SMILES string of the molecule is CCN(CC)C(=O)CN1C(=O)[C@]2(N[C@H](Cc3c[nH]c4ccccc34)[C@H]3C(=O)N(Cc4ccccc4)C(=O)[C@@H]32)c2ccccc21. The summed E-state index contributed by atoms with van der Waals surface area (Å²) >= 11 is 0. The van der Waals surface area contributed by atoms with Crippen LogP contribution in [-0.4, -0.2) is 64.1 Å². The number of hydrogen-bond acceptors (Lipinski definition) is 5. The van der Waals surface area contributed by atoms with E-state index in [0.717, 1.165) is 22.0 Å². The van der Waals surface area contributed by atoms with Gasteiger partial charge in [-0.1, -0.05) is 66.7 Å². The molecule has 4 atom stereocenters. The number of para-hydroxylation sites is 2. The summed E-state index contributed by atoms with van der Waals surface area (Å²) in [4.78, 5) is 64.6. The van der Waals surface area contributed by atoms with Crippen molar-refractivity contribution in [1.82, 2.24) is 20.1 Å². The van der Waals surface area contributed by atoms with E-state index in [1.807, 2.05) is 98.9 Å². The van der Waals surface area contributed by atoms with Gasteiger partial charge in [0.2, 0.25) is 17.7 Å². The smallest absolute Gasteiger partial charge is 0.253 e. The molecule has 9 heteroatoms. The molecular formula is C35H35N5O4. The van der Waals surface area contributed by atoms with E-state index in [2.05, 4.69) is 10.3 Å². The zero-order valence-electron chi connectivity index (χ0n) is 24.8. The first-order chi connectivity index (χ1) is 21.4. The molecule has 7 rings (SSSR count). The number of anilines is 1.